The Balaban J connectivity index is 2.25. The maximum absolute atomic E-state index is 13.3. The minimum Gasteiger partial charge on any atom is -0.324 e. The van der Waals surface area contributed by atoms with Crippen molar-refractivity contribution in [2.75, 3.05) is 0 Å². The van der Waals surface area contributed by atoms with Gasteiger partial charge in [0.2, 0.25) is 0 Å². The van der Waals surface area contributed by atoms with Gasteiger partial charge in [-0.15, -0.1) is 0 Å². The molecule has 0 saturated carbocycles. The average Bonchev–Trinajstić information content (AvgIpc) is 2.33. The van der Waals surface area contributed by atoms with Gasteiger partial charge in [0.1, 0.15) is 5.82 Å². The fraction of sp³-hybridized carbons (Fsp3) is 0.312. The topological polar surface area (TPSA) is 38.9 Å². The van der Waals surface area contributed by atoms with Crippen LogP contribution < -0.4 is 5.73 Å². The number of hydrogen-bond acceptors (Lipinski definition) is 2. The molecule has 0 saturated heterocycles. The minimum absolute atomic E-state index is 0.159. The van der Waals surface area contributed by atoms with Crippen LogP contribution in [-0.2, 0) is 6.42 Å². The van der Waals surface area contributed by atoms with Crippen LogP contribution in [0.3, 0.4) is 0 Å². The molecular weight excluding hydrogens is 239 g/mol. The molecule has 2 aromatic rings. The zero-order valence-corrected chi connectivity index (χ0v) is 11.6. The quantitative estimate of drug-likeness (QED) is 0.916. The van der Waals surface area contributed by atoms with Gasteiger partial charge in [-0.25, -0.2) is 4.39 Å². The van der Waals surface area contributed by atoms with E-state index in [-0.39, 0.29) is 11.9 Å². The van der Waals surface area contributed by atoms with Gasteiger partial charge in [0.05, 0.1) is 0 Å². The summed E-state index contributed by atoms with van der Waals surface area (Å²) in [5.41, 5.74) is 11.2. The van der Waals surface area contributed by atoms with E-state index in [4.69, 9.17) is 5.73 Å². The summed E-state index contributed by atoms with van der Waals surface area (Å²) < 4.78 is 13.3. The largest absolute Gasteiger partial charge is 0.324 e. The molecule has 0 amide bonds. The lowest BCUT2D eigenvalue weighted by Gasteiger charge is -2.16. The summed E-state index contributed by atoms with van der Waals surface area (Å²) in [4.78, 5) is 4.42. The minimum atomic E-state index is -0.216. The summed E-state index contributed by atoms with van der Waals surface area (Å²) in [6, 6.07) is 8.64. The van der Waals surface area contributed by atoms with Crippen molar-refractivity contribution in [3.63, 3.8) is 0 Å². The van der Waals surface area contributed by atoms with Gasteiger partial charge in [-0.1, -0.05) is 12.1 Å². The first kappa shape index (κ1) is 13.7. The summed E-state index contributed by atoms with van der Waals surface area (Å²) in [6.45, 7) is 5.89. The van der Waals surface area contributed by atoms with Crippen molar-refractivity contribution in [1.82, 2.24) is 4.98 Å². The molecule has 0 spiro atoms. The summed E-state index contributed by atoms with van der Waals surface area (Å²) in [5, 5.41) is 0. The number of hydrogen-bond donors (Lipinski definition) is 1. The summed E-state index contributed by atoms with van der Waals surface area (Å²) in [6.07, 6.45) is 0.620. The fourth-order valence-electron chi connectivity index (χ4n) is 2.30. The molecule has 1 aromatic heterocycles. The van der Waals surface area contributed by atoms with Crippen molar-refractivity contribution in [1.29, 1.82) is 0 Å². The van der Waals surface area contributed by atoms with Crippen LogP contribution in [0.15, 0.2) is 30.3 Å². The Bertz CT molecular complexity index is 593. The second-order valence-corrected chi connectivity index (χ2v) is 5.01. The smallest absolute Gasteiger partial charge is 0.123 e. The molecule has 0 bridgehead atoms. The predicted octanol–water partition coefficient (Wildman–Crippen LogP) is 3.39. The Morgan fingerprint density at radius 2 is 1.89 bits per heavy atom. The van der Waals surface area contributed by atoms with E-state index in [1.165, 1.54) is 6.07 Å². The lowest BCUT2D eigenvalue weighted by atomic mass is 9.96. The number of halogens is 1. The van der Waals surface area contributed by atoms with Crippen molar-refractivity contribution in [3.8, 4) is 0 Å². The van der Waals surface area contributed by atoms with Crippen molar-refractivity contribution < 1.29 is 4.39 Å². The molecule has 1 heterocycles. The monoisotopic (exact) mass is 258 g/mol. The number of rotatable bonds is 3. The van der Waals surface area contributed by atoms with E-state index in [9.17, 15) is 4.39 Å². The molecule has 0 radical (unpaired) electrons. The first-order valence-electron chi connectivity index (χ1n) is 6.42. The van der Waals surface area contributed by atoms with Crippen LogP contribution in [0.1, 0.15) is 34.1 Å². The summed E-state index contributed by atoms with van der Waals surface area (Å²) in [7, 11) is 0. The Hall–Kier alpha value is -1.74. The van der Waals surface area contributed by atoms with Gasteiger partial charge in [0, 0.05) is 17.4 Å². The van der Waals surface area contributed by atoms with E-state index in [1.807, 2.05) is 32.9 Å². The fourth-order valence-corrected chi connectivity index (χ4v) is 2.30. The van der Waals surface area contributed by atoms with Crippen LogP contribution >= 0.6 is 0 Å². The number of benzene rings is 1. The van der Waals surface area contributed by atoms with Gasteiger partial charge >= 0.3 is 0 Å². The number of pyridine rings is 1. The highest BCUT2D eigenvalue weighted by atomic mass is 19.1. The molecule has 1 aromatic carbocycles. The maximum Gasteiger partial charge on any atom is 0.123 e. The average molecular weight is 258 g/mol. The highest BCUT2D eigenvalue weighted by Gasteiger charge is 2.12. The molecule has 0 fully saturated rings. The molecule has 19 heavy (non-hydrogen) atoms. The highest BCUT2D eigenvalue weighted by Crippen LogP contribution is 2.21. The lowest BCUT2D eigenvalue weighted by molar-refractivity contribution is 0.620. The van der Waals surface area contributed by atoms with Crippen molar-refractivity contribution in [2.24, 2.45) is 5.73 Å². The molecule has 2 rings (SSSR count). The van der Waals surface area contributed by atoms with Crippen molar-refractivity contribution in [2.45, 2.75) is 33.2 Å². The van der Waals surface area contributed by atoms with Gasteiger partial charge < -0.3 is 5.73 Å². The van der Waals surface area contributed by atoms with E-state index in [1.54, 1.807) is 12.1 Å². The van der Waals surface area contributed by atoms with Gasteiger partial charge in [-0.2, -0.15) is 0 Å². The molecule has 100 valence electrons. The van der Waals surface area contributed by atoms with Crippen molar-refractivity contribution in [3.05, 3.63) is 64.2 Å². The Kier molecular flexibility index (Phi) is 3.96. The van der Waals surface area contributed by atoms with E-state index < -0.39 is 0 Å². The summed E-state index contributed by atoms with van der Waals surface area (Å²) >= 11 is 0. The van der Waals surface area contributed by atoms with E-state index in [0.717, 1.165) is 28.1 Å². The number of nitrogens with zero attached hydrogens (tertiary/aromatic N) is 1. The molecule has 0 aliphatic rings. The number of aryl methyl sites for hydroxylation is 3. The maximum atomic E-state index is 13.3. The lowest BCUT2D eigenvalue weighted by Crippen LogP contribution is -2.16. The first-order valence-corrected chi connectivity index (χ1v) is 6.42. The summed E-state index contributed by atoms with van der Waals surface area (Å²) in [5.74, 6) is -0.216. The third-order valence-corrected chi connectivity index (χ3v) is 3.42. The molecule has 2 N–H and O–H groups in total. The Morgan fingerprint density at radius 3 is 2.58 bits per heavy atom. The SMILES string of the molecule is Cc1ccc(C(N)Cc2cc(F)ccc2C)c(C)n1. The molecule has 1 atom stereocenters. The van der Waals surface area contributed by atoms with Crippen LogP contribution in [0.5, 0.6) is 0 Å². The van der Waals surface area contributed by atoms with Crippen LogP contribution in [0.25, 0.3) is 0 Å². The Morgan fingerprint density at radius 1 is 1.16 bits per heavy atom. The predicted molar refractivity (Wildman–Crippen MR) is 75.5 cm³/mol. The second kappa shape index (κ2) is 5.49. The molecule has 3 heteroatoms. The molecule has 0 aliphatic carbocycles. The van der Waals surface area contributed by atoms with Crippen LogP contribution in [0, 0.1) is 26.6 Å². The standard InChI is InChI=1S/C16H19FN2/c1-10-4-6-14(17)8-13(10)9-16(18)15-7-5-11(2)19-12(15)3/h4-8,16H,9,18H2,1-3H3. The Labute approximate surface area is 113 Å². The zero-order valence-electron chi connectivity index (χ0n) is 11.6. The third-order valence-electron chi connectivity index (χ3n) is 3.42. The molecule has 2 nitrogen and oxygen atoms in total. The third kappa shape index (κ3) is 3.18. The number of nitrogens with two attached hydrogens (primary N) is 1. The second-order valence-electron chi connectivity index (χ2n) is 5.01. The highest BCUT2D eigenvalue weighted by molar-refractivity contribution is 5.31. The molecule has 0 aliphatic heterocycles. The zero-order chi connectivity index (χ0) is 14.0. The first-order chi connectivity index (χ1) is 8.97. The van der Waals surface area contributed by atoms with Crippen LogP contribution in [0.4, 0.5) is 4.39 Å². The van der Waals surface area contributed by atoms with Crippen molar-refractivity contribution >= 4 is 0 Å². The molecular formula is C16H19FN2. The van der Waals surface area contributed by atoms with E-state index in [0.29, 0.717) is 6.42 Å². The van der Waals surface area contributed by atoms with Gasteiger partial charge in [-0.05, 0) is 62.1 Å². The normalized spacial score (nSPS) is 12.5. The van der Waals surface area contributed by atoms with Crippen LogP contribution in [0.2, 0.25) is 0 Å². The number of aromatic nitrogens is 1. The van der Waals surface area contributed by atoms with Gasteiger partial charge in [0.15, 0.2) is 0 Å². The van der Waals surface area contributed by atoms with Crippen LogP contribution in [-0.4, -0.2) is 4.98 Å². The molecule has 1 unspecified atom stereocenters. The van der Waals surface area contributed by atoms with E-state index >= 15 is 0 Å². The van der Waals surface area contributed by atoms with E-state index in [2.05, 4.69) is 4.98 Å². The van der Waals surface area contributed by atoms with Gasteiger partial charge in [0.25, 0.3) is 0 Å². The van der Waals surface area contributed by atoms with Gasteiger partial charge in [-0.3, -0.25) is 4.98 Å².